The lowest BCUT2D eigenvalue weighted by Gasteiger charge is -2.41. The normalized spacial score (nSPS) is 19.4. The van der Waals surface area contributed by atoms with Gasteiger partial charge >= 0.3 is 6.03 Å². The van der Waals surface area contributed by atoms with Gasteiger partial charge in [0, 0.05) is 55.5 Å². The third-order valence-corrected chi connectivity index (χ3v) is 8.26. The van der Waals surface area contributed by atoms with E-state index < -0.39 is 11.8 Å². The van der Waals surface area contributed by atoms with E-state index in [1.807, 2.05) is 30.3 Å². The summed E-state index contributed by atoms with van der Waals surface area (Å²) in [7, 11) is 1.54. The Kier molecular flexibility index (Phi) is 6.74. The minimum absolute atomic E-state index is 0.193. The molecule has 1 aromatic heterocycles. The van der Waals surface area contributed by atoms with Gasteiger partial charge in [-0.2, -0.15) is 0 Å². The molecule has 204 valence electrons. The molecule has 2 saturated heterocycles. The van der Waals surface area contributed by atoms with Gasteiger partial charge in [-0.1, -0.05) is 12.1 Å². The van der Waals surface area contributed by atoms with Crippen molar-refractivity contribution >= 4 is 28.7 Å². The van der Waals surface area contributed by atoms with Gasteiger partial charge in [0.25, 0.3) is 5.91 Å². The quantitative estimate of drug-likeness (QED) is 0.356. The van der Waals surface area contributed by atoms with Gasteiger partial charge in [0.05, 0.1) is 19.1 Å². The van der Waals surface area contributed by atoms with Gasteiger partial charge in [-0.25, -0.2) is 10.3 Å². The number of hydrogen-bond donors (Lipinski definition) is 2. The summed E-state index contributed by atoms with van der Waals surface area (Å²) < 4.78 is 13.8. The number of rotatable bonds is 7. The third kappa shape index (κ3) is 4.63. The molecule has 3 aliphatic rings. The lowest BCUT2D eigenvalue weighted by Crippen LogP contribution is -2.56. The Balaban J connectivity index is 1.35. The van der Waals surface area contributed by atoms with Crippen molar-refractivity contribution in [1.82, 2.24) is 19.8 Å². The summed E-state index contributed by atoms with van der Waals surface area (Å²) >= 11 is 0. The zero-order valence-electron chi connectivity index (χ0n) is 21.9. The Hall–Kier alpha value is -3.89. The first-order valence-corrected chi connectivity index (χ1v) is 13.4. The fourth-order valence-corrected chi connectivity index (χ4v) is 6.07. The highest BCUT2D eigenvalue weighted by molar-refractivity contribution is 6.04. The number of imide groups is 1. The lowest BCUT2D eigenvalue weighted by molar-refractivity contribution is -0.132. The number of carbonyl (C=O) groups excluding carboxylic acids is 3. The Morgan fingerprint density at radius 3 is 2.64 bits per heavy atom. The van der Waals surface area contributed by atoms with Crippen LogP contribution in [0.5, 0.6) is 5.75 Å². The molecule has 4 amide bonds. The van der Waals surface area contributed by atoms with Crippen LogP contribution in [0.25, 0.3) is 10.9 Å². The summed E-state index contributed by atoms with van der Waals surface area (Å²) in [6.45, 7) is 3.53. The second-order valence-corrected chi connectivity index (χ2v) is 10.6. The predicted octanol–water partition coefficient (Wildman–Crippen LogP) is 3.50. The topological polar surface area (TPSA) is 113 Å². The number of nitrogens with zero attached hydrogens (tertiary/aromatic N) is 3. The van der Waals surface area contributed by atoms with Crippen LogP contribution in [0.3, 0.4) is 0 Å². The first-order chi connectivity index (χ1) is 18.9. The highest BCUT2D eigenvalue weighted by atomic mass is 16.5. The first-order valence-electron chi connectivity index (χ1n) is 13.4. The number of hydroxylamine groups is 1. The molecule has 2 aromatic carbocycles. The van der Waals surface area contributed by atoms with Crippen LogP contribution in [0, 0.1) is 5.92 Å². The van der Waals surface area contributed by atoms with Crippen molar-refractivity contribution in [3.8, 4) is 5.75 Å². The number of ether oxygens (including phenoxy) is 2. The van der Waals surface area contributed by atoms with E-state index in [1.165, 1.54) is 4.90 Å². The molecule has 3 aliphatic heterocycles. The summed E-state index contributed by atoms with van der Waals surface area (Å²) in [6, 6.07) is 12.7. The second-order valence-electron chi connectivity index (χ2n) is 10.6. The van der Waals surface area contributed by atoms with Crippen LogP contribution in [-0.4, -0.2) is 70.8 Å². The number of fused-ring (bicyclic) bond motifs is 6. The molecule has 6 rings (SSSR count). The van der Waals surface area contributed by atoms with Gasteiger partial charge in [0.1, 0.15) is 5.75 Å². The molecule has 0 spiro atoms. The highest BCUT2D eigenvalue weighted by Gasteiger charge is 2.44. The molecule has 10 nitrogen and oxygen atoms in total. The summed E-state index contributed by atoms with van der Waals surface area (Å²) in [5.74, 6) is 0.181. The molecular formula is C29H32N4O6. The number of likely N-dealkylation sites (N-methyl/N-ethyl adjacent to an activating group) is 1. The summed E-state index contributed by atoms with van der Waals surface area (Å²) in [6.07, 6.45) is 3.11. The minimum atomic E-state index is -0.573. The van der Waals surface area contributed by atoms with Crippen LogP contribution in [0.15, 0.2) is 42.5 Å². The average Bonchev–Trinajstić information content (AvgIpc) is 3.27. The molecule has 39 heavy (non-hydrogen) atoms. The Morgan fingerprint density at radius 2 is 1.90 bits per heavy atom. The number of hydrogen-bond acceptors (Lipinski definition) is 6. The van der Waals surface area contributed by atoms with E-state index in [-0.39, 0.29) is 11.9 Å². The molecule has 0 aliphatic carbocycles. The average molecular weight is 533 g/mol. The van der Waals surface area contributed by atoms with E-state index >= 15 is 0 Å². The van der Waals surface area contributed by atoms with E-state index in [0.29, 0.717) is 37.7 Å². The standard InChI is InChI=1S/C29H32N4O6/c1-31-28(35)23-16-32(29(31)36)17-25-26(23)22-14-21(39-13-10-18-8-11-38-12-9-18)6-7-24(22)33(25)15-19-2-4-20(5-3-19)27(34)30-37/h2-7,14,18,23,37H,8-13,15-17H2,1H3,(H,30,34). The fourth-order valence-electron chi connectivity index (χ4n) is 6.07. The third-order valence-electron chi connectivity index (χ3n) is 8.26. The Morgan fingerprint density at radius 1 is 1.13 bits per heavy atom. The number of carbonyl (C=O) groups is 3. The van der Waals surface area contributed by atoms with Crippen molar-refractivity contribution in [2.45, 2.75) is 38.3 Å². The van der Waals surface area contributed by atoms with Crippen molar-refractivity contribution in [3.05, 3.63) is 64.8 Å². The van der Waals surface area contributed by atoms with Gasteiger partial charge in [-0.3, -0.25) is 19.7 Å². The number of nitrogens with one attached hydrogen (secondary N) is 1. The molecular weight excluding hydrogens is 500 g/mol. The number of aromatic nitrogens is 1. The molecule has 1 unspecified atom stereocenters. The molecule has 1 atom stereocenters. The maximum Gasteiger partial charge on any atom is 0.326 e. The minimum Gasteiger partial charge on any atom is -0.494 e. The van der Waals surface area contributed by atoms with Crippen LogP contribution >= 0.6 is 0 Å². The summed E-state index contributed by atoms with van der Waals surface area (Å²) in [5, 5.41) is 9.88. The van der Waals surface area contributed by atoms with Crippen LogP contribution in [0.1, 0.15) is 52.4 Å². The summed E-state index contributed by atoms with van der Waals surface area (Å²) in [4.78, 5) is 40.8. The van der Waals surface area contributed by atoms with Crippen LogP contribution in [0.2, 0.25) is 0 Å². The van der Waals surface area contributed by atoms with Crippen molar-refractivity contribution < 1.29 is 29.1 Å². The van der Waals surface area contributed by atoms with E-state index in [9.17, 15) is 14.4 Å². The smallest absolute Gasteiger partial charge is 0.326 e. The van der Waals surface area contributed by atoms with Gasteiger partial charge in [0.15, 0.2) is 0 Å². The summed E-state index contributed by atoms with van der Waals surface area (Å²) in [5.41, 5.74) is 5.80. The van der Waals surface area contributed by atoms with Gasteiger partial charge in [-0.15, -0.1) is 0 Å². The molecule has 2 N–H and O–H groups in total. The predicted molar refractivity (Wildman–Crippen MR) is 142 cm³/mol. The maximum absolute atomic E-state index is 13.3. The molecule has 0 radical (unpaired) electrons. The van der Waals surface area contributed by atoms with Gasteiger partial charge < -0.3 is 18.9 Å². The largest absolute Gasteiger partial charge is 0.494 e. The second kappa shape index (κ2) is 10.3. The van der Waals surface area contributed by atoms with Gasteiger partial charge in [-0.05, 0) is 66.6 Å². The van der Waals surface area contributed by atoms with Crippen LogP contribution in [0.4, 0.5) is 4.79 Å². The first kappa shape index (κ1) is 25.4. The van der Waals surface area contributed by atoms with Crippen LogP contribution in [-0.2, 0) is 22.6 Å². The molecule has 2 fully saturated rings. The molecule has 2 bridgehead atoms. The molecule has 10 heteroatoms. The van der Waals surface area contributed by atoms with Crippen molar-refractivity contribution in [2.24, 2.45) is 5.92 Å². The molecule has 0 saturated carbocycles. The van der Waals surface area contributed by atoms with Crippen molar-refractivity contribution in [3.63, 3.8) is 0 Å². The number of benzene rings is 2. The van der Waals surface area contributed by atoms with Crippen molar-refractivity contribution in [2.75, 3.05) is 33.4 Å². The SMILES string of the molecule is CN1C(=O)C2CN(Cc3c2c2cc(OCCC4CCOCC4)ccc2n3Cc2ccc(C(=O)NO)cc2)C1=O. The zero-order valence-corrected chi connectivity index (χ0v) is 21.9. The Labute approximate surface area is 226 Å². The fraction of sp³-hybridized carbons (Fsp3) is 0.414. The molecule has 4 heterocycles. The van der Waals surface area contributed by atoms with E-state index in [1.54, 1.807) is 29.6 Å². The van der Waals surface area contributed by atoms with E-state index in [4.69, 9.17) is 14.7 Å². The zero-order chi connectivity index (χ0) is 27.1. The number of amides is 4. The maximum atomic E-state index is 13.3. The van der Waals surface area contributed by atoms with Crippen LogP contribution < -0.4 is 10.2 Å². The lowest BCUT2D eigenvalue weighted by atomic mass is 9.89. The van der Waals surface area contributed by atoms with Crippen molar-refractivity contribution in [1.29, 1.82) is 0 Å². The van der Waals surface area contributed by atoms with E-state index in [2.05, 4.69) is 4.57 Å². The van der Waals surface area contributed by atoms with E-state index in [0.717, 1.165) is 65.9 Å². The molecule has 3 aromatic rings. The highest BCUT2D eigenvalue weighted by Crippen LogP contribution is 2.42. The monoisotopic (exact) mass is 532 g/mol. The number of urea groups is 1. The Bertz CT molecular complexity index is 1430. The van der Waals surface area contributed by atoms with Gasteiger partial charge in [0.2, 0.25) is 5.91 Å².